The first kappa shape index (κ1) is 22.6. The Morgan fingerprint density at radius 3 is 2.69 bits per heavy atom. The first-order valence-corrected chi connectivity index (χ1v) is 12.5. The number of halogens is 2. The van der Waals surface area contributed by atoms with Gasteiger partial charge in [-0.25, -0.2) is 17.2 Å². The molecule has 0 amide bonds. The molecule has 6 nitrogen and oxygen atoms in total. The number of hydrogen-bond acceptors (Lipinski definition) is 6. The molecule has 10 heteroatoms. The van der Waals surface area contributed by atoms with E-state index >= 15 is 4.39 Å². The molecule has 2 aromatic carbocycles. The molecule has 0 spiro atoms. The number of nitrogens with zero attached hydrogens (tertiary/aromatic N) is 3. The molecule has 1 N–H and O–H groups in total. The van der Waals surface area contributed by atoms with Gasteiger partial charge < -0.3 is 4.90 Å². The summed E-state index contributed by atoms with van der Waals surface area (Å²) in [5, 5.41) is 1.57. The number of rotatable bonds is 7. The third-order valence-corrected chi connectivity index (χ3v) is 7.71. The molecule has 1 unspecified atom stereocenters. The maximum absolute atomic E-state index is 15.1. The molecule has 3 aromatic rings. The van der Waals surface area contributed by atoms with Gasteiger partial charge in [-0.05, 0) is 42.6 Å². The van der Waals surface area contributed by atoms with E-state index < -0.39 is 26.6 Å². The summed E-state index contributed by atoms with van der Waals surface area (Å²) in [6, 6.07) is 12.7. The number of hydrogen-bond donors (Lipinski definition) is 1. The Morgan fingerprint density at radius 2 is 2.00 bits per heavy atom. The van der Waals surface area contributed by atoms with Gasteiger partial charge in [0.25, 0.3) is 10.0 Å². The maximum Gasteiger partial charge on any atom is 0.268 e. The molecule has 4 rings (SSSR count). The van der Waals surface area contributed by atoms with Crippen LogP contribution in [0.5, 0.6) is 0 Å². The van der Waals surface area contributed by atoms with Gasteiger partial charge in [0.05, 0.1) is 0 Å². The van der Waals surface area contributed by atoms with Crippen molar-refractivity contribution in [2.75, 3.05) is 29.8 Å². The second kappa shape index (κ2) is 9.13. The Kier molecular flexibility index (Phi) is 6.45. The Hall–Kier alpha value is -2.56. The van der Waals surface area contributed by atoms with Gasteiger partial charge in [-0.3, -0.25) is 9.62 Å². The molecule has 0 aliphatic carbocycles. The number of likely N-dealkylation sites (N-methyl/N-ethyl adjacent to an activating group) is 1. The predicted octanol–water partition coefficient (Wildman–Crippen LogP) is 4.24. The lowest BCUT2D eigenvalue weighted by Crippen LogP contribution is -2.35. The van der Waals surface area contributed by atoms with Crippen molar-refractivity contribution in [2.24, 2.45) is 0 Å². The summed E-state index contributed by atoms with van der Waals surface area (Å²) in [7, 11) is -2.66. The van der Waals surface area contributed by atoms with E-state index in [9.17, 15) is 12.8 Å². The summed E-state index contributed by atoms with van der Waals surface area (Å²) in [4.78, 5) is 3.16. The van der Waals surface area contributed by atoms with Crippen molar-refractivity contribution < 1.29 is 17.2 Å². The van der Waals surface area contributed by atoms with Crippen LogP contribution >= 0.6 is 11.5 Å². The van der Waals surface area contributed by atoms with E-state index in [0.29, 0.717) is 5.69 Å². The first-order valence-electron chi connectivity index (χ1n) is 10.2. The van der Waals surface area contributed by atoms with Crippen molar-refractivity contribution in [3.05, 3.63) is 70.6 Å². The van der Waals surface area contributed by atoms with E-state index in [-0.39, 0.29) is 17.4 Å². The van der Waals surface area contributed by atoms with Crippen LogP contribution in [0.15, 0.2) is 52.7 Å². The zero-order valence-electron chi connectivity index (χ0n) is 17.8. The average molecular weight is 479 g/mol. The molecule has 0 bridgehead atoms. The summed E-state index contributed by atoms with van der Waals surface area (Å²) in [6.07, 6.45) is 0.845. The quantitative estimate of drug-likeness (QED) is 0.550. The zero-order chi connectivity index (χ0) is 22.9. The Labute approximate surface area is 190 Å². The van der Waals surface area contributed by atoms with Crippen LogP contribution in [0.3, 0.4) is 0 Å². The van der Waals surface area contributed by atoms with E-state index in [1.807, 2.05) is 23.1 Å². The molecule has 1 atom stereocenters. The predicted molar refractivity (Wildman–Crippen MR) is 123 cm³/mol. The lowest BCUT2D eigenvalue weighted by atomic mass is 10.1. The van der Waals surface area contributed by atoms with Crippen LogP contribution in [-0.4, -0.2) is 43.9 Å². The summed E-state index contributed by atoms with van der Waals surface area (Å²) in [5.74, 6) is -2.19. The lowest BCUT2D eigenvalue weighted by molar-refractivity contribution is 0.326. The van der Waals surface area contributed by atoms with Gasteiger partial charge in [0, 0.05) is 49.4 Å². The molecule has 2 heterocycles. The minimum absolute atomic E-state index is 0.0251. The molecule has 1 aromatic heterocycles. The van der Waals surface area contributed by atoms with Crippen LogP contribution in [0.4, 0.5) is 20.3 Å². The molecule has 1 fully saturated rings. The fourth-order valence-electron chi connectivity index (χ4n) is 4.06. The minimum Gasteiger partial charge on any atom is -0.370 e. The summed E-state index contributed by atoms with van der Waals surface area (Å²) < 4.78 is 61.2. The van der Waals surface area contributed by atoms with Crippen LogP contribution < -0.4 is 9.62 Å². The van der Waals surface area contributed by atoms with E-state index in [1.165, 1.54) is 18.6 Å². The fourth-order valence-corrected chi connectivity index (χ4v) is 5.78. The third-order valence-electron chi connectivity index (χ3n) is 5.76. The van der Waals surface area contributed by atoms with Crippen molar-refractivity contribution in [1.29, 1.82) is 0 Å². The lowest BCUT2D eigenvalue weighted by Gasteiger charge is -2.29. The van der Waals surface area contributed by atoms with E-state index in [4.69, 9.17) is 0 Å². The van der Waals surface area contributed by atoms with Gasteiger partial charge in [0.15, 0.2) is 16.5 Å². The van der Waals surface area contributed by atoms with Crippen LogP contribution in [0.2, 0.25) is 0 Å². The first-order chi connectivity index (χ1) is 15.3. The fraction of sp³-hybridized carbons (Fsp3) is 0.318. The standard InChI is InChI=1S/C22H24F2N4O2S2/c1-15-19(27(2)17-8-10-28(14-17)13-16-6-4-3-5-7-16)12-18(23)22(21(15)24)32(29,30)26-20-9-11-31-25-20/h3-7,9,11-12,17H,8,10,13-14H2,1-2H3,(H,25,26). The zero-order valence-corrected chi connectivity index (χ0v) is 19.4. The van der Waals surface area contributed by atoms with Crippen molar-refractivity contribution >= 4 is 33.1 Å². The molecular weight excluding hydrogens is 454 g/mol. The largest absolute Gasteiger partial charge is 0.370 e. The molecule has 170 valence electrons. The van der Waals surface area contributed by atoms with Crippen LogP contribution in [0.25, 0.3) is 0 Å². The number of likely N-dealkylation sites (tertiary alicyclic amines) is 1. The minimum atomic E-state index is -4.45. The highest BCUT2D eigenvalue weighted by molar-refractivity contribution is 7.92. The molecule has 0 saturated carbocycles. The number of benzene rings is 2. The van der Waals surface area contributed by atoms with Gasteiger partial charge in [0.1, 0.15) is 5.82 Å². The Bertz CT molecular complexity index is 1190. The highest BCUT2D eigenvalue weighted by atomic mass is 32.2. The number of nitrogens with one attached hydrogen (secondary N) is 1. The second-order valence-corrected chi connectivity index (χ2v) is 10.2. The average Bonchev–Trinajstić information content (AvgIpc) is 3.42. The van der Waals surface area contributed by atoms with Crippen molar-refractivity contribution in [2.45, 2.75) is 30.8 Å². The van der Waals surface area contributed by atoms with E-state index in [2.05, 4.69) is 26.1 Å². The molecule has 1 aliphatic heterocycles. The molecule has 32 heavy (non-hydrogen) atoms. The summed E-state index contributed by atoms with van der Waals surface area (Å²) in [6.45, 7) is 3.91. The Morgan fingerprint density at radius 1 is 1.25 bits per heavy atom. The number of aromatic nitrogens is 1. The smallest absolute Gasteiger partial charge is 0.268 e. The Balaban J connectivity index is 1.54. The van der Waals surface area contributed by atoms with Crippen molar-refractivity contribution in [3.8, 4) is 0 Å². The van der Waals surface area contributed by atoms with Gasteiger partial charge >= 0.3 is 0 Å². The van der Waals surface area contributed by atoms with Crippen LogP contribution in [-0.2, 0) is 16.6 Å². The van der Waals surface area contributed by atoms with Gasteiger partial charge in [-0.2, -0.15) is 4.37 Å². The molecule has 1 aliphatic rings. The molecule has 1 saturated heterocycles. The van der Waals surface area contributed by atoms with Gasteiger partial charge in [-0.1, -0.05) is 30.3 Å². The van der Waals surface area contributed by atoms with Gasteiger partial charge in [-0.15, -0.1) is 0 Å². The molecule has 0 radical (unpaired) electrons. The number of sulfonamides is 1. The van der Waals surface area contributed by atoms with E-state index in [1.54, 1.807) is 12.4 Å². The second-order valence-electron chi connectivity index (χ2n) is 7.91. The maximum atomic E-state index is 15.1. The van der Waals surface area contributed by atoms with E-state index in [0.717, 1.165) is 43.7 Å². The summed E-state index contributed by atoms with van der Waals surface area (Å²) in [5.41, 5.74) is 1.65. The SMILES string of the molecule is Cc1c(N(C)C2CCN(Cc3ccccc3)C2)cc(F)c(S(=O)(=O)Nc2ccsn2)c1F. The van der Waals surface area contributed by atoms with Crippen molar-refractivity contribution in [3.63, 3.8) is 0 Å². The summed E-state index contributed by atoms with van der Waals surface area (Å²) >= 11 is 1.03. The number of anilines is 2. The van der Waals surface area contributed by atoms with Crippen molar-refractivity contribution in [1.82, 2.24) is 9.27 Å². The molecular formula is C22H24F2N4O2S2. The van der Waals surface area contributed by atoms with Crippen LogP contribution in [0, 0.1) is 18.6 Å². The highest BCUT2D eigenvalue weighted by Crippen LogP contribution is 2.33. The van der Waals surface area contributed by atoms with Crippen LogP contribution in [0.1, 0.15) is 17.5 Å². The topological polar surface area (TPSA) is 65.5 Å². The normalized spacial score (nSPS) is 16.9. The van der Waals surface area contributed by atoms with Gasteiger partial charge in [0.2, 0.25) is 0 Å². The monoisotopic (exact) mass is 478 g/mol. The third kappa shape index (κ3) is 4.62. The highest BCUT2D eigenvalue weighted by Gasteiger charge is 2.31.